The van der Waals surface area contributed by atoms with E-state index in [4.69, 9.17) is 22.1 Å². The van der Waals surface area contributed by atoms with Crippen LogP contribution in [0.25, 0.3) is 0 Å². The fraction of sp³-hybridized carbons (Fsp3) is 0.333. The molecule has 1 aromatic carbocycles. The van der Waals surface area contributed by atoms with Crippen LogP contribution in [-0.2, 0) is 0 Å². The van der Waals surface area contributed by atoms with E-state index in [1.54, 1.807) is 6.07 Å². The molecule has 0 fully saturated rings. The first kappa shape index (κ1) is 12.0. The first-order chi connectivity index (χ1) is 8.15. The van der Waals surface area contributed by atoms with Gasteiger partial charge in [0.05, 0.1) is 17.5 Å². The van der Waals surface area contributed by atoms with Crippen LogP contribution in [0, 0.1) is 11.7 Å². The summed E-state index contributed by atoms with van der Waals surface area (Å²) in [5, 5.41) is 3.15. The van der Waals surface area contributed by atoms with Gasteiger partial charge in [-0.05, 0) is 24.6 Å². The normalized spacial score (nSPS) is 18.7. The highest BCUT2D eigenvalue weighted by Crippen LogP contribution is 2.21. The van der Waals surface area contributed by atoms with Gasteiger partial charge in [0.1, 0.15) is 11.6 Å². The molecule has 0 radical (unpaired) electrons. The molecule has 0 saturated carbocycles. The largest absolute Gasteiger partial charge is 0.493 e. The Morgan fingerprint density at radius 2 is 2.35 bits per heavy atom. The molecular formula is C12H14ClFN2O. The molecule has 5 heteroatoms. The van der Waals surface area contributed by atoms with Crippen molar-refractivity contribution in [3.05, 3.63) is 40.9 Å². The summed E-state index contributed by atoms with van der Waals surface area (Å²) in [7, 11) is 0. The van der Waals surface area contributed by atoms with Gasteiger partial charge < -0.3 is 15.8 Å². The predicted molar refractivity (Wildman–Crippen MR) is 65.3 cm³/mol. The zero-order valence-corrected chi connectivity index (χ0v) is 10.0. The van der Waals surface area contributed by atoms with E-state index < -0.39 is 5.82 Å². The minimum absolute atomic E-state index is 0.105. The highest BCUT2D eigenvalue weighted by atomic mass is 35.5. The molecule has 0 aliphatic carbocycles. The minimum Gasteiger partial charge on any atom is -0.493 e. The van der Waals surface area contributed by atoms with Crippen LogP contribution in [0.2, 0.25) is 5.02 Å². The van der Waals surface area contributed by atoms with Crippen molar-refractivity contribution < 1.29 is 9.13 Å². The molecule has 1 aliphatic rings. The Bertz CT molecular complexity index is 437. The molecule has 0 unspecified atom stereocenters. The van der Waals surface area contributed by atoms with E-state index >= 15 is 0 Å². The summed E-state index contributed by atoms with van der Waals surface area (Å²) in [5.74, 6) is 1.13. The average Bonchev–Trinajstić information content (AvgIpc) is 2.70. The summed E-state index contributed by atoms with van der Waals surface area (Å²) in [6.45, 7) is 1.36. The molecule has 3 N–H and O–H groups in total. The Balaban J connectivity index is 1.80. The summed E-state index contributed by atoms with van der Waals surface area (Å²) < 4.78 is 18.6. The second-order valence-electron chi connectivity index (χ2n) is 3.98. The fourth-order valence-electron chi connectivity index (χ4n) is 1.70. The topological polar surface area (TPSA) is 47.3 Å². The number of halogens is 2. The molecule has 1 atom stereocenters. The highest BCUT2D eigenvalue weighted by molar-refractivity contribution is 6.30. The quantitative estimate of drug-likeness (QED) is 0.869. The smallest absolute Gasteiger partial charge is 0.145 e. The van der Waals surface area contributed by atoms with Crippen LogP contribution < -0.4 is 15.8 Å². The van der Waals surface area contributed by atoms with Gasteiger partial charge >= 0.3 is 0 Å². The maximum absolute atomic E-state index is 13.1. The minimum atomic E-state index is -0.462. The fourth-order valence-corrected chi connectivity index (χ4v) is 1.82. The molecule has 2 rings (SSSR count). The summed E-state index contributed by atoms with van der Waals surface area (Å²) in [6, 6.07) is 4.43. The lowest BCUT2D eigenvalue weighted by Crippen LogP contribution is -2.17. The van der Waals surface area contributed by atoms with Crippen LogP contribution in [-0.4, -0.2) is 13.2 Å². The summed E-state index contributed by atoms with van der Waals surface area (Å²) in [5.41, 5.74) is 5.59. The van der Waals surface area contributed by atoms with E-state index in [2.05, 4.69) is 5.32 Å². The van der Waals surface area contributed by atoms with Gasteiger partial charge in [-0.15, -0.1) is 0 Å². The van der Waals surface area contributed by atoms with Gasteiger partial charge in [0.15, 0.2) is 0 Å². The zero-order valence-electron chi connectivity index (χ0n) is 9.25. The lowest BCUT2D eigenvalue weighted by molar-refractivity contribution is 0.292. The number of rotatable bonds is 4. The SMILES string of the molecule is NC1=C[C@H](CCOc2ccc(Cl)c(F)c2)CN1. The van der Waals surface area contributed by atoms with Crippen molar-refractivity contribution >= 4 is 11.6 Å². The van der Waals surface area contributed by atoms with Crippen molar-refractivity contribution in [3.63, 3.8) is 0 Å². The molecule has 0 amide bonds. The molecule has 1 aliphatic heterocycles. The average molecular weight is 257 g/mol. The number of ether oxygens (including phenoxy) is 1. The Morgan fingerprint density at radius 3 is 3.00 bits per heavy atom. The molecule has 0 bridgehead atoms. The summed E-state index contributed by atoms with van der Waals surface area (Å²) in [6.07, 6.45) is 2.82. The Labute approximate surface area is 104 Å². The van der Waals surface area contributed by atoms with Gasteiger partial charge in [-0.1, -0.05) is 11.6 Å². The maximum atomic E-state index is 13.1. The molecule has 1 aromatic rings. The van der Waals surface area contributed by atoms with Crippen molar-refractivity contribution in [2.75, 3.05) is 13.2 Å². The molecule has 0 saturated heterocycles. The van der Waals surface area contributed by atoms with E-state index in [9.17, 15) is 4.39 Å². The lowest BCUT2D eigenvalue weighted by Gasteiger charge is -2.09. The van der Waals surface area contributed by atoms with E-state index in [1.807, 2.05) is 6.08 Å². The molecule has 0 aromatic heterocycles. The van der Waals surface area contributed by atoms with Gasteiger partial charge in [-0.2, -0.15) is 0 Å². The zero-order chi connectivity index (χ0) is 12.3. The highest BCUT2D eigenvalue weighted by Gasteiger charge is 2.12. The van der Waals surface area contributed by atoms with Crippen molar-refractivity contribution in [2.24, 2.45) is 11.7 Å². The van der Waals surface area contributed by atoms with Crippen LogP contribution >= 0.6 is 11.6 Å². The van der Waals surface area contributed by atoms with Gasteiger partial charge in [-0.3, -0.25) is 0 Å². The lowest BCUT2D eigenvalue weighted by atomic mass is 10.1. The Morgan fingerprint density at radius 1 is 1.53 bits per heavy atom. The van der Waals surface area contributed by atoms with Crippen LogP contribution in [0.15, 0.2) is 30.1 Å². The van der Waals surface area contributed by atoms with Crippen LogP contribution in [0.3, 0.4) is 0 Å². The van der Waals surface area contributed by atoms with Crippen LogP contribution in [0.4, 0.5) is 4.39 Å². The number of nitrogens with two attached hydrogens (primary N) is 1. The third kappa shape index (κ3) is 3.27. The molecule has 3 nitrogen and oxygen atoms in total. The molecule has 92 valence electrons. The summed E-state index contributed by atoms with van der Waals surface area (Å²) >= 11 is 5.57. The van der Waals surface area contributed by atoms with Gasteiger partial charge in [0, 0.05) is 18.5 Å². The standard InChI is InChI=1S/C12H14ClFN2O/c13-10-2-1-9(6-11(10)14)17-4-3-8-5-12(15)16-7-8/h1-2,5-6,8,16H,3-4,7,15H2/t8-/m0/s1. The van der Waals surface area contributed by atoms with Gasteiger partial charge in [-0.25, -0.2) is 4.39 Å². The monoisotopic (exact) mass is 256 g/mol. The third-order valence-corrected chi connectivity index (χ3v) is 2.94. The Hall–Kier alpha value is -1.42. The van der Waals surface area contributed by atoms with Crippen LogP contribution in [0.1, 0.15) is 6.42 Å². The van der Waals surface area contributed by atoms with E-state index in [0.717, 1.165) is 13.0 Å². The first-order valence-electron chi connectivity index (χ1n) is 5.44. The van der Waals surface area contributed by atoms with Crippen molar-refractivity contribution in [1.82, 2.24) is 5.32 Å². The Kier molecular flexibility index (Phi) is 3.74. The van der Waals surface area contributed by atoms with Crippen molar-refractivity contribution in [2.45, 2.75) is 6.42 Å². The van der Waals surface area contributed by atoms with Crippen LogP contribution in [0.5, 0.6) is 5.75 Å². The number of hydrogen-bond donors (Lipinski definition) is 2. The van der Waals surface area contributed by atoms with Gasteiger partial charge in [0.2, 0.25) is 0 Å². The molecule has 17 heavy (non-hydrogen) atoms. The van der Waals surface area contributed by atoms with E-state index in [1.165, 1.54) is 12.1 Å². The van der Waals surface area contributed by atoms with Crippen molar-refractivity contribution in [3.8, 4) is 5.75 Å². The van der Waals surface area contributed by atoms with Gasteiger partial charge in [0.25, 0.3) is 0 Å². The third-order valence-electron chi connectivity index (χ3n) is 2.63. The molecular weight excluding hydrogens is 243 g/mol. The molecule has 1 heterocycles. The molecule has 0 spiro atoms. The first-order valence-corrected chi connectivity index (χ1v) is 5.82. The van der Waals surface area contributed by atoms with E-state index in [-0.39, 0.29) is 5.02 Å². The summed E-state index contributed by atoms with van der Waals surface area (Å²) in [4.78, 5) is 0. The number of hydrogen-bond acceptors (Lipinski definition) is 3. The second-order valence-corrected chi connectivity index (χ2v) is 4.38. The number of nitrogens with one attached hydrogen (secondary N) is 1. The maximum Gasteiger partial charge on any atom is 0.145 e. The predicted octanol–water partition coefficient (Wildman–Crippen LogP) is 2.27. The van der Waals surface area contributed by atoms with Crippen molar-refractivity contribution in [1.29, 1.82) is 0 Å². The van der Waals surface area contributed by atoms with E-state index in [0.29, 0.717) is 24.1 Å². The second kappa shape index (κ2) is 5.27. The number of benzene rings is 1.